The number of nitrogens with zero attached hydrogens (tertiary/aromatic N) is 2. The Bertz CT molecular complexity index is 413. The van der Waals surface area contributed by atoms with Crippen molar-refractivity contribution in [2.24, 2.45) is 0 Å². The number of benzene rings is 1. The maximum Gasteiger partial charge on any atom is 0.223 e. The van der Waals surface area contributed by atoms with Gasteiger partial charge in [0.25, 0.3) is 0 Å². The first-order chi connectivity index (χ1) is 10.3. The third kappa shape index (κ3) is 5.86. The molecule has 116 valence electrons. The highest BCUT2D eigenvalue weighted by atomic mass is 16.2. The lowest BCUT2D eigenvalue weighted by Gasteiger charge is -2.32. The van der Waals surface area contributed by atoms with Gasteiger partial charge in [-0.25, -0.2) is 0 Å². The van der Waals surface area contributed by atoms with Crippen LogP contribution in [0.3, 0.4) is 0 Å². The summed E-state index contributed by atoms with van der Waals surface area (Å²) in [4.78, 5) is 16.3. The summed E-state index contributed by atoms with van der Waals surface area (Å²) in [5.41, 5.74) is 1.38. The molecule has 0 atom stereocenters. The van der Waals surface area contributed by atoms with Crippen LogP contribution in [0.1, 0.15) is 18.4 Å². The first kappa shape index (κ1) is 16.0. The summed E-state index contributed by atoms with van der Waals surface area (Å²) in [5, 5.41) is 3.38. The summed E-state index contributed by atoms with van der Waals surface area (Å²) in [6.45, 7) is 5.52. The molecule has 2 rings (SSSR count). The van der Waals surface area contributed by atoms with Crippen molar-refractivity contribution in [3.8, 4) is 0 Å². The van der Waals surface area contributed by atoms with E-state index < -0.39 is 0 Å². The molecular formula is C17H27N3O. The van der Waals surface area contributed by atoms with Crippen molar-refractivity contribution in [3.63, 3.8) is 0 Å². The van der Waals surface area contributed by atoms with Gasteiger partial charge in [0.15, 0.2) is 0 Å². The molecule has 1 saturated heterocycles. The van der Waals surface area contributed by atoms with Gasteiger partial charge < -0.3 is 15.1 Å². The number of hydrogen-bond donors (Lipinski definition) is 1. The van der Waals surface area contributed by atoms with Crippen LogP contribution in [-0.2, 0) is 11.2 Å². The molecule has 0 radical (unpaired) electrons. The van der Waals surface area contributed by atoms with Gasteiger partial charge in [-0.05, 0) is 32.0 Å². The normalized spacial score (nSPS) is 16.1. The van der Waals surface area contributed by atoms with Crippen LogP contribution in [0.2, 0.25) is 0 Å². The zero-order valence-corrected chi connectivity index (χ0v) is 13.1. The van der Waals surface area contributed by atoms with E-state index >= 15 is 0 Å². The number of amides is 1. The van der Waals surface area contributed by atoms with Crippen molar-refractivity contribution >= 4 is 5.91 Å². The van der Waals surface area contributed by atoms with Crippen molar-refractivity contribution in [3.05, 3.63) is 35.9 Å². The molecule has 0 bridgehead atoms. The predicted molar refractivity (Wildman–Crippen MR) is 86.3 cm³/mol. The van der Waals surface area contributed by atoms with E-state index in [0.717, 1.165) is 52.1 Å². The topological polar surface area (TPSA) is 35.6 Å². The van der Waals surface area contributed by atoms with E-state index in [1.54, 1.807) is 0 Å². The van der Waals surface area contributed by atoms with Crippen molar-refractivity contribution in [1.29, 1.82) is 0 Å². The van der Waals surface area contributed by atoms with Crippen LogP contribution in [0.15, 0.2) is 30.3 Å². The fourth-order valence-electron chi connectivity index (χ4n) is 2.60. The molecule has 4 heteroatoms. The first-order valence-corrected chi connectivity index (χ1v) is 7.96. The van der Waals surface area contributed by atoms with Gasteiger partial charge in [0.05, 0.1) is 0 Å². The Kier molecular flexibility index (Phi) is 6.70. The minimum atomic E-state index is 0.290. The minimum Gasteiger partial charge on any atom is -0.340 e. The molecule has 4 nitrogen and oxygen atoms in total. The second-order valence-electron chi connectivity index (χ2n) is 5.77. The molecule has 21 heavy (non-hydrogen) atoms. The van der Waals surface area contributed by atoms with E-state index in [9.17, 15) is 4.79 Å². The molecule has 0 saturated carbocycles. The molecule has 1 aliphatic rings. The molecule has 1 N–H and O–H groups in total. The van der Waals surface area contributed by atoms with Crippen LogP contribution < -0.4 is 5.32 Å². The maximum absolute atomic E-state index is 12.0. The van der Waals surface area contributed by atoms with Crippen LogP contribution in [0.5, 0.6) is 0 Å². The standard InChI is InChI=1S/C17H27N3O/c1-19-12-14-20(15-13-19)17(21)9-11-18-10-5-8-16-6-3-2-4-7-16/h2-4,6-7,18H,5,8-15H2,1H3. The van der Waals surface area contributed by atoms with Gasteiger partial charge in [-0.3, -0.25) is 4.79 Å². The zero-order chi connectivity index (χ0) is 14.9. The Balaban J connectivity index is 1.50. The molecular weight excluding hydrogens is 262 g/mol. The van der Waals surface area contributed by atoms with Gasteiger partial charge in [-0.1, -0.05) is 30.3 Å². The third-order valence-corrected chi connectivity index (χ3v) is 4.03. The van der Waals surface area contributed by atoms with Gasteiger partial charge >= 0.3 is 0 Å². The summed E-state index contributed by atoms with van der Waals surface area (Å²) in [7, 11) is 2.11. The molecule has 0 spiro atoms. The number of carbonyl (C=O) groups is 1. The van der Waals surface area contributed by atoms with Crippen LogP contribution in [0, 0.1) is 0 Å². The second kappa shape index (κ2) is 8.80. The number of piperazine rings is 1. The average Bonchev–Trinajstić information content (AvgIpc) is 2.52. The van der Waals surface area contributed by atoms with Gasteiger partial charge in [0.1, 0.15) is 0 Å². The number of hydrogen-bond acceptors (Lipinski definition) is 3. The van der Waals surface area contributed by atoms with Gasteiger partial charge in [0.2, 0.25) is 5.91 Å². The summed E-state index contributed by atoms with van der Waals surface area (Å²) < 4.78 is 0. The number of likely N-dealkylation sites (N-methyl/N-ethyl adjacent to an activating group) is 1. The largest absolute Gasteiger partial charge is 0.340 e. The number of aryl methyl sites for hydroxylation is 1. The Morgan fingerprint density at radius 1 is 1.10 bits per heavy atom. The molecule has 0 aliphatic carbocycles. The fraction of sp³-hybridized carbons (Fsp3) is 0.588. The fourth-order valence-corrected chi connectivity index (χ4v) is 2.60. The van der Waals surface area contributed by atoms with E-state index in [0.29, 0.717) is 12.3 Å². The predicted octanol–water partition coefficient (Wildman–Crippen LogP) is 1.37. The van der Waals surface area contributed by atoms with Crippen molar-refractivity contribution in [1.82, 2.24) is 15.1 Å². The molecule has 0 aromatic heterocycles. The molecule has 1 aromatic rings. The van der Waals surface area contributed by atoms with Crippen LogP contribution >= 0.6 is 0 Å². The van der Waals surface area contributed by atoms with Crippen molar-refractivity contribution < 1.29 is 4.79 Å². The molecule has 1 aliphatic heterocycles. The van der Waals surface area contributed by atoms with Gasteiger partial charge in [-0.15, -0.1) is 0 Å². The summed E-state index contributed by atoms with van der Waals surface area (Å²) in [6.07, 6.45) is 2.84. The summed E-state index contributed by atoms with van der Waals surface area (Å²) in [5.74, 6) is 0.290. The smallest absolute Gasteiger partial charge is 0.223 e. The Labute approximate surface area is 128 Å². The summed E-state index contributed by atoms with van der Waals surface area (Å²) >= 11 is 0. The number of nitrogens with one attached hydrogen (secondary N) is 1. The van der Waals surface area contributed by atoms with Crippen LogP contribution in [0.4, 0.5) is 0 Å². The van der Waals surface area contributed by atoms with E-state index in [1.165, 1.54) is 5.56 Å². The van der Waals surface area contributed by atoms with E-state index in [1.807, 2.05) is 11.0 Å². The SMILES string of the molecule is CN1CCN(C(=O)CCNCCCc2ccccc2)CC1. The minimum absolute atomic E-state index is 0.290. The summed E-state index contributed by atoms with van der Waals surface area (Å²) in [6, 6.07) is 10.5. The van der Waals surface area contributed by atoms with E-state index in [4.69, 9.17) is 0 Å². The highest BCUT2D eigenvalue weighted by molar-refractivity contribution is 5.76. The quantitative estimate of drug-likeness (QED) is 0.770. The molecule has 1 aromatic carbocycles. The van der Waals surface area contributed by atoms with Crippen LogP contribution in [0.25, 0.3) is 0 Å². The van der Waals surface area contributed by atoms with Crippen molar-refractivity contribution in [2.45, 2.75) is 19.3 Å². The Morgan fingerprint density at radius 3 is 2.52 bits per heavy atom. The molecule has 1 heterocycles. The number of carbonyl (C=O) groups excluding carboxylic acids is 1. The second-order valence-corrected chi connectivity index (χ2v) is 5.77. The number of rotatable bonds is 7. The van der Waals surface area contributed by atoms with Gasteiger partial charge in [-0.2, -0.15) is 0 Å². The maximum atomic E-state index is 12.0. The Morgan fingerprint density at radius 2 is 1.81 bits per heavy atom. The third-order valence-electron chi connectivity index (χ3n) is 4.03. The molecule has 0 unspecified atom stereocenters. The lowest BCUT2D eigenvalue weighted by molar-refractivity contribution is -0.132. The van der Waals surface area contributed by atoms with Crippen LogP contribution in [-0.4, -0.2) is 62.0 Å². The van der Waals surface area contributed by atoms with Crippen molar-refractivity contribution in [2.75, 3.05) is 46.3 Å². The average molecular weight is 289 g/mol. The lowest BCUT2D eigenvalue weighted by atomic mass is 10.1. The van der Waals surface area contributed by atoms with E-state index in [-0.39, 0.29) is 0 Å². The molecule has 1 amide bonds. The monoisotopic (exact) mass is 289 g/mol. The van der Waals surface area contributed by atoms with E-state index in [2.05, 4.69) is 41.5 Å². The lowest BCUT2D eigenvalue weighted by Crippen LogP contribution is -2.47. The Hall–Kier alpha value is -1.39. The van der Waals surface area contributed by atoms with Gasteiger partial charge in [0, 0.05) is 39.1 Å². The first-order valence-electron chi connectivity index (χ1n) is 7.96. The molecule has 1 fully saturated rings. The highest BCUT2D eigenvalue weighted by Gasteiger charge is 2.17. The highest BCUT2D eigenvalue weighted by Crippen LogP contribution is 2.02. The zero-order valence-electron chi connectivity index (χ0n) is 13.1.